The first-order valence-corrected chi connectivity index (χ1v) is 10.2. The number of hydrogen-bond acceptors (Lipinski definition) is 5. The van der Waals surface area contributed by atoms with Gasteiger partial charge >= 0.3 is 0 Å². The summed E-state index contributed by atoms with van der Waals surface area (Å²) in [6, 6.07) is 1.98. The smallest absolute Gasteiger partial charge is 0.146 e. The minimum absolute atomic E-state index is 0.0510. The number of likely N-dealkylation sites (tertiary alicyclic amines) is 1. The summed E-state index contributed by atoms with van der Waals surface area (Å²) in [6.45, 7) is 4.59. The van der Waals surface area contributed by atoms with Crippen LogP contribution in [0.4, 0.5) is 0 Å². The number of nitrogens with zero attached hydrogens (tertiary/aromatic N) is 4. The number of nitrogens with one attached hydrogen (secondary N) is 1. The van der Waals surface area contributed by atoms with E-state index in [0.717, 1.165) is 43.5 Å². The van der Waals surface area contributed by atoms with Crippen molar-refractivity contribution < 1.29 is 4.74 Å². The molecule has 7 heteroatoms. The number of aromatic nitrogens is 3. The Morgan fingerprint density at radius 1 is 1.23 bits per heavy atom. The van der Waals surface area contributed by atoms with Crippen molar-refractivity contribution in [1.82, 2.24) is 24.8 Å². The van der Waals surface area contributed by atoms with Gasteiger partial charge < -0.3 is 14.6 Å². The third-order valence-corrected chi connectivity index (χ3v) is 6.86. The molecule has 6 nitrogen and oxygen atoms in total. The van der Waals surface area contributed by atoms with Gasteiger partial charge in [-0.05, 0) is 64.2 Å². The Balaban J connectivity index is 1.29. The van der Waals surface area contributed by atoms with Gasteiger partial charge in [0.25, 0.3) is 0 Å². The van der Waals surface area contributed by atoms with Gasteiger partial charge in [0, 0.05) is 18.3 Å². The van der Waals surface area contributed by atoms with Gasteiger partial charge in [-0.25, -0.2) is 9.97 Å². The van der Waals surface area contributed by atoms with Gasteiger partial charge in [-0.15, -0.1) is 0 Å². The molecule has 140 valence electrons. The normalized spacial score (nSPS) is 29.1. The van der Waals surface area contributed by atoms with Crippen molar-refractivity contribution in [3.05, 3.63) is 23.7 Å². The van der Waals surface area contributed by atoms with E-state index in [2.05, 4.69) is 24.8 Å². The molecule has 0 radical (unpaired) electrons. The Bertz CT molecular complexity index is 787. The Morgan fingerprint density at radius 2 is 2.12 bits per heavy atom. The highest BCUT2D eigenvalue weighted by molar-refractivity contribution is 6.33. The van der Waals surface area contributed by atoms with Crippen molar-refractivity contribution in [2.24, 2.45) is 0 Å². The molecule has 0 aromatic carbocycles. The number of fused-ring (bicyclic) bond motifs is 1. The molecule has 0 amide bonds. The van der Waals surface area contributed by atoms with Crippen LogP contribution in [0.5, 0.6) is 0 Å². The van der Waals surface area contributed by atoms with Crippen molar-refractivity contribution in [2.75, 3.05) is 26.2 Å². The zero-order chi connectivity index (χ0) is 17.6. The Kier molecular flexibility index (Phi) is 4.39. The molecule has 3 aliphatic rings. The molecule has 2 aromatic heterocycles. The number of rotatable bonds is 3. The van der Waals surface area contributed by atoms with Gasteiger partial charge in [0.2, 0.25) is 0 Å². The van der Waals surface area contributed by atoms with Crippen molar-refractivity contribution >= 4 is 22.6 Å². The molecule has 2 atom stereocenters. The third kappa shape index (κ3) is 2.83. The number of halogens is 1. The van der Waals surface area contributed by atoms with Gasteiger partial charge in [-0.2, -0.15) is 0 Å². The van der Waals surface area contributed by atoms with Gasteiger partial charge in [0.15, 0.2) is 0 Å². The largest absolute Gasteiger partial charge is 0.353 e. The van der Waals surface area contributed by atoms with Gasteiger partial charge in [-0.3, -0.25) is 4.90 Å². The topological polar surface area (TPSA) is 55.2 Å². The van der Waals surface area contributed by atoms with Gasteiger partial charge in [0.05, 0.1) is 11.5 Å². The molecule has 3 aliphatic heterocycles. The molecular weight excluding hydrogens is 350 g/mol. The first kappa shape index (κ1) is 16.9. The fraction of sp³-hybridized carbons (Fsp3) is 0.684. The summed E-state index contributed by atoms with van der Waals surface area (Å²) in [5.41, 5.74) is 1.29. The summed E-state index contributed by atoms with van der Waals surface area (Å²) in [5, 5.41) is 4.92. The first-order chi connectivity index (χ1) is 12.8. The highest BCUT2D eigenvalue weighted by Gasteiger charge is 2.43. The quantitative estimate of drug-likeness (QED) is 0.836. The highest BCUT2D eigenvalue weighted by Crippen LogP contribution is 2.39. The zero-order valence-corrected chi connectivity index (χ0v) is 15.8. The van der Waals surface area contributed by atoms with Crippen LogP contribution < -0.4 is 5.32 Å². The molecule has 0 saturated carbocycles. The predicted octanol–water partition coefficient (Wildman–Crippen LogP) is 2.98. The lowest BCUT2D eigenvalue weighted by Crippen LogP contribution is -2.52. The van der Waals surface area contributed by atoms with E-state index >= 15 is 0 Å². The lowest BCUT2D eigenvalue weighted by Gasteiger charge is -2.42. The fourth-order valence-corrected chi connectivity index (χ4v) is 5.37. The molecule has 5 rings (SSSR count). The van der Waals surface area contributed by atoms with E-state index in [1.807, 2.05) is 12.3 Å². The van der Waals surface area contributed by atoms with Crippen LogP contribution in [0.3, 0.4) is 0 Å². The molecule has 1 N–H and O–H groups in total. The standard InChI is InChI=1S/C19H26ClN5O/c20-17-15-4-11-25(18(15)23-13-22-17)16-3-2-14(26-16)12-24-10-1-5-19(24)6-8-21-9-7-19/h4,11,13-14,16,21H,1-3,5-10,12H2. The molecule has 0 aliphatic carbocycles. The van der Waals surface area contributed by atoms with Crippen LogP contribution in [-0.4, -0.2) is 57.3 Å². The highest BCUT2D eigenvalue weighted by atomic mass is 35.5. The molecule has 5 heterocycles. The molecule has 26 heavy (non-hydrogen) atoms. The average Bonchev–Trinajstić information content (AvgIpc) is 3.36. The van der Waals surface area contributed by atoms with Crippen molar-refractivity contribution in [2.45, 2.75) is 56.4 Å². The summed E-state index contributed by atoms with van der Waals surface area (Å²) in [5.74, 6) is 0. The van der Waals surface area contributed by atoms with Crippen LogP contribution in [0.15, 0.2) is 18.6 Å². The van der Waals surface area contributed by atoms with Crippen LogP contribution in [0, 0.1) is 0 Å². The second-order valence-corrected chi connectivity index (χ2v) is 8.30. The van der Waals surface area contributed by atoms with Crippen LogP contribution >= 0.6 is 11.6 Å². The molecule has 3 saturated heterocycles. The van der Waals surface area contributed by atoms with E-state index in [9.17, 15) is 0 Å². The fourth-order valence-electron chi connectivity index (χ4n) is 5.18. The van der Waals surface area contributed by atoms with Crippen molar-refractivity contribution in [1.29, 1.82) is 0 Å². The van der Waals surface area contributed by atoms with E-state index in [4.69, 9.17) is 16.3 Å². The van der Waals surface area contributed by atoms with E-state index in [-0.39, 0.29) is 6.23 Å². The van der Waals surface area contributed by atoms with Crippen molar-refractivity contribution in [3.63, 3.8) is 0 Å². The maximum atomic E-state index is 6.45. The summed E-state index contributed by atoms with van der Waals surface area (Å²) < 4.78 is 8.57. The third-order valence-electron chi connectivity index (χ3n) is 6.56. The Hall–Kier alpha value is -1.21. The SMILES string of the molecule is Clc1ncnc2c1ccn2C1CCC(CN2CCCC23CCNCC3)O1. The maximum Gasteiger partial charge on any atom is 0.146 e. The Labute approximate surface area is 158 Å². The number of ether oxygens (including phenoxy) is 1. The van der Waals surface area contributed by atoms with Crippen LogP contribution in [0.25, 0.3) is 11.0 Å². The average molecular weight is 376 g/mol. The molecule has 1 spiro atoms. The van der Waals surface area contributed by atoms with Crippen LogP contribution in [0.1, 0.15) is 44.8 Å². The van der Waals surface area contributed by atoms with Crippen molar-refractivity contribution in [3.8, 4) is 0 Å². The summed E-state index contributed by atoms with van der Waals surface area (Å²) in [4.78, 5) is 11.2. The van der Waals surface area contributed by atoms with Crippen LogP contribution in [-0.2, 0) is 4.74 Å². The second kappa shape index (κ2) is 6.75. The Morgan fingerprint density at radius 3 is 3.00 bits per heavy atom. The second-order valence-electron chi connectivity index (χ2n) is 7.94. The minimum Gasteiger partial charge on any atom is -0.353 e. The summed E-state index contributed by atoms with van der Waals surface area (Å²) in [6.07, 6.45) is 11.3. The van der Waals surface area contributed by atoms with E-state index in [1.165, 1.54) is 38.6 Å². The number of hydrogen-bond donors (Lipinski definition) is 1. The van der Waals surface area contributed by atoms with Gasteiger partial charge in [-0.1, -0.05) is 11.6 Å². The monoisotopic (exact) mass is 375 g/mol. The lowest BCUT2D eigenvalue weighted by molar-refractivity contribution is -0.0277. The minimum atomic E-state index is 0.0510. The van der Waals surface area contributed by atoms with Gasteiger partial charge in [0.1, 0.15) is 23.4 Å². The molecule has 3 fully saturated rings. The molecule has 2 aromatic rings. The molecule has 2 unspecified atom stereocenters. The van der Waals surface area contributed by atoms with E-state index in [0.29, 0.717) is 16.8 Å². The number of piperidine rings is 1. The van der Waals surface area contributed by atoms with E-state index in [1.54, 1.807) is 0 Å². The van der Waals surface area contributed by atoms with Crippen LogP contribution in [0.2, 0.25) is 5.15 Å². The lowest BCUT2D eigenvalue weighted by atomic mass is 9.85. The summed E-state index contributed by atoms with van der Waals surface area (Å²) in [7, 11) is 0. The summed E-state index contributed by atoms with van der Waals surface area (Å²) >= 11 is 6.18. The molecular formula is C19H26ClN5O. The zero-order valence-electron chi connectivity index (χ0n) is 15.0. The molecule has 0 bridgehead atoms. The maximum absolute atomic E-state index is 6.45. The van der Waals surface area contributed by atoms with E-state index < -0.39 is 0 Å². The predicted molar refractivity (Wildman–Crippen MR) is 101 cm³/mol. The first-order valence-electron chi connectivity index (χ1n) is 9.83.